The Bertz CT molecular complexity index is 1210. The number of esters is 1. The number of ether oxygens (including phenoxy) is 1. The van der Waals surface area contributed by atoms with Gasteiger partial charge >= 0.3 is 5.97 Å². The lowest BCUT2D eigenvalue weighted by molar-refractivity contribution is -0.133. The van der Waals surface area contributed by atoms with E-state index in [1.54, 1.807) is 4.68 Å². The predicted molar refractivity (Wildman–Crippen MR) is 112 cm³/mol. The lowest BCUT2D eigenvalue weighted by Crippen LogP contribution is -2.10. The Morgan fingerprint density at radius 3 is 2.83 bits per heavy atom. The van der Waals surface area contributed by atoms with Crippen LogP contribution in [0.1, 0.15) is 11.4 Å². The molecule has 9 nitrogen and oxygen atoms in total. The number of tetrazole rings is 1. The van der Waals surface area contributed by atoms with Gasteiger partial charge in [-0.25, -0.2) is 9.78 Å². The lowest BCUT2D eigenvalue weighted by Gasteiger charge is -2.08. The number of rotatable bonds is 6. The highest BCUT2D eigenvalue weighted by Crippen LogP contribution is 2.25. The smallest absolute Gasteiger partial charge is 0.345 e. The second-order valence-corrected chi connectivity index (χ2v) is 7.36. The summed E-state index contributed by atoms with van der Waals surface area (Å²) in [7, 11) is 1.25. The molecule has 152 valence electrons. The Kier molecular flexibility index (Phi) is 5.48. The number of hydrogen-bond donors (Lipinski definition) is 2. The van der Waals surface area contributed by atoms with Crippen molar-refractivity contribution in [3.05, 3.63) is 65.7 Å². The highest BCUT2D eigenvalue weighted by molar-refractivity contribution is 7.99. The fourth-order valence-corrected chi connectivity index (χ4v) is 3.69. The zero-order valence-electron chi connectivity index (χ0n) is 16.2. The van der Waals surface area contributed by atoms with Crippen molar-refractivity contribution < 1.29 is 14.6 Å². The van der Waals surface area contributed by atoms with E-state index in [0.717, 1.165) is 16.8 Å². The number of aromatic nitrogens is 6. The fraction of sp³-hybridized carbons (Fsp3) is 0.150. The third-order valence-electron chi connectivity index (χ3n) is 4.33. The van der Waals surface area contributed by atoms with Gasteiger partial charge in [-0.15, -0.1) is 5.10 Å². The molecule has 0 fully saturated rings. The topological polar surface area (TPSA) is 119 Å². The van der Waals surface area contributed by atoms with Crippen LogP contribution in [0.2, 0.25) is 0 Å². The predicted octanol–water partition coefficient (Wildman–Crippen LogP) is 3.08. The van der Waals surface area contributed by atoms with Gasteiger partial charge in [-0.05, 0) is 47.2 Å². The van der Waals surface area contributed by atoms with Gasteiger partial charge in [0.2, 0.25) is 5.16 Å². The molecule has 2 aromatic carbocycles. The monoisotopic (exact) mass is 422 g/mol. The standard InChI is InChI=1S/C20H18N6O3S/c1-12-6-5-7-13(10-12)26-20(23-24-25-26)30-11-16(27)17(19(28)29-2)18-21-14-8-3-4-9-15(14)22-18/h3-10,27H,11H2,1-2H3,(H,21,22)/b17-16+. The van der Waals surface area contributed by atoms with E-state index in [0.29, 0.717) is 10.7 Å². The maximum atomic E-state index is 12.4. The van der Waals surface area contributed by atoms with E-state index in [4.69, 9.17) is 4.74 Å². The van der Waals surface area contributed by atoms with Gasteiger partial charge in [0.05, 0.1) is 29.6 Å². The number of aryl methyl sites for hydroxylation is 1. The number of H-pyrrole nitrogens is 1. The van der Waals surface area contributed by atoms with Crippen molar-refractivity contribution in [3.63, 3.8) is 0 Å². The number of nitrogens with one attached hydrogen (secondary N) is 1. The van der Waals surface area contributed by atoms with Crippen LogP contribution in [-0.2, 0) is 9.53 Å². The quantitative estimate of drug-likeness (QED) is 0.211. The number of thioether (sulfide) groups is 1. The SMILES string of the molecule is COC(=O)/C(=C(/O)CSc1nnnn1-c1cccc(C)c1)c1nc2ccccc2[nH]1. The molecule has 0 bridgehead atoms. The molecule has 0 saturated carbocycles. The van der Waals surface area contributed by atoms with Crippen molar-refractivity contribution in [2.75, 3.05) is 12.9 Å². The first-order chi connectivity index (χ1) is 14.6. The molecule has 0 amide bonds. The van der Waals surface area contributed by atoms with Crippen molar-refractivity contribution >= 4 is 34.3 Å². The Morgan fingerprint density at radius 2 is 2.07 bits per heavy atom. The van der Waals surface area contributed by atoms with Crippen LogP contribution in [0.25, 0.3) is 22.3 Å². The maximum absolute atomic E-state index is 12.4. The van der Waals surface area contributed by atoms with E-state index in [9.17, 15) is 9.90 Å². The van der Waals surface area contributed by atoms with Crippen molar-refractivity contribution in [3.8, 4) is 5.69 Å². The molecule has 4 aromatic rings. The number of aliphatic hydroxyl groups is 1. The highest BCUT2D eigenvalue weighted by Gasteiger charge is 2.23. The van der Waals surface area contributed by atoms with Gasteiger partial charge in [0.25, 0.3) is 0 Å². The highest BCUT2D eigenvalue weighted by atomic mass is 32.2. The number of aromatic amines is 1. The van der Waals surface area contributed by atoms with Gasteiger partial charge in [-0.2, -0.15) is 4.68 Å². The van der Waals surface area contributed by atoms with Crippen molar-refractivity contribution in [2.45, 2.75) is 12.1 Å². The number of carbonyl (C=O) groups excluding carboxylic acids is 1. The molecule has 0 aliphatic heterocycles. The summed E-state index contributed by atoms with van der Waals surface area (Å²) < 4.78 is 6.43. The Balaban J connectivity index is 1.64. The molecule has 30 heavy (non-hydrogen) atoms. The number of methoxy groups -OCH3 is 1. The second kappa shape index (κ2) is 8.37. The van der Waals surface area contributed by atoms with Gasteiger partial charge < -0.3 is 14.8 Å². The molecule has 2 heterocycles. The van der Waals surface area contributed by atoms with Gasteiger partial charge in [0.15, 0.2) is 0 Å². The van der Waals surface area contributed by atoms with Crippen LogP contribution < -0.4 is 0 Å². The molecule has 2 N–H and O–H groups in total. The number of imidazole rings is 1. The molecular weight excluding hydrogens is 404 g/mol. The van der Waals surface area contributed by atoms with E-state index in [1.165, 1.54) is 18.9 Å². The van der Waals surface area contributed by atoms with Crippen LogP contribution in [0.3, 0.4) is 0 Å². The molecule has 0 aliphatic carbocycles. The minimum atomic E-state index is -0.689. The maximum Gasteiger partial charge on any atom is 0.345 e. The van der Waals surface area contributed by atoms with Crippen LogP contribution in [0.4, 0.5) is 0 Å². The summed E-state index contributed by atoms with van der Waals surface area (Å²) in [6.07, 6.45) is 0. The number of benzene rings is 2. The van der Waals surface area contributed by atoms with E-state index in [-0.39, 0.29) is 22.9 Å². The zero-order valence-corrected chi connectivity index (χ0v) is 17.1. The molecular formula is C20H18N6O3S. The molecule has 0 atom stereocenters. The van der Waals surface area contributed by atoms with Crippen molar-refractivity contribution in [1.82, 2.24) is 30.2 Å². The summed E-state index contributed by atoms with van der Waals surface area (Å²) in [4.78, 5) is 19.8. The van der Waals surface area contributed by atoms with Crippen LogP contribution in [-0.4, -0.2) is 54.1 Å². The normalized spacial score (nSPS) is 12.1. The van der Waals surface area contributed by atoms with E-state index >= 15 is 0 Å². The summed E-state index contributed by atoms with van der Waals surface area (Å²) >= 11 is 1.19. The number of nitrogens with zero attached hydrogens (tertiary/aromatic N) is 5. The van der Waals surface area contributed by atoms with Gasteiger partial charge in [0.1, 0.15) is 17.2 Å². The number of para-hydroxylation sites is 2. The fourth-order valence-electron chi connectivity index (χ4n) is 2.92. The first-order valence-corrected chi connectivity index (χ1v) is 9.99. The Hall–Kier alpha value is -3.66. The first-order valence-electron chi connectivity index (χ1n) is 9.00. The molecule has 2 aromatic heterocycles. The number of carbonyl (C=O) groups is 1. The number of fused-ring (bicyclic) bond motifs is 1. The van der Waals surface area contributed by atoms with Crippen LogP contribution >= 0.6 is 11.8 Å². The third-order valence-corrected chi connectivity index (χ3v) is 5.26. The molecule has 10 heteroatoms. The van der Waals surface area contributed by atoms with Crippen molar-refractivity contribution in [1.29, 1.82) is 0 Å². The van der Waals surface area contributed by atoms with Gasteiger partial charge in [-0.3, -0.25) is 0 Å². The van der Waals surface area contributed by atoms with Crippen molar-refractivity contribution in [2.24, 2.45) is 0 Å². The Morgan fingerprint density at radius 1 is 1.23 bits per heavy atom. The van der Waals surface area contributed by atoms with Crippen LogP contribution in [0.5, 0.6) is 0 Å². The molecule has 4 rings (SSSR count). The van der Waals surface area contributed by atoms with Crippen LogP contribution in [0.15, 0.2) is 59.4 Å². The molecule has 0 spiro atoms. The molecule has 0 saturated heterocycles. The lowest BCUT2D eigenvalue weighted by atomic mass is 10.2. The molecule has 0 unspecified atom stereocenters. The van der Waals surface area contributed by atoms with Crippen LogP contribution in [0, 0.1) is 6.92 Å². The summed E-state index contributed by atoms with van der Waals surface area (Å²) in [5, 5.41) is 22.9. The number of hydrogen-bond acceptors (Lipinski definition) is 8. The minimum absolute atomic E-state index is 0.0317. The first kappa shape index (κ1) is 19.6. The molecule has 0 radical (unpaired) electrons. The largest absolute Gasteiger partial charge is 0.510 e. The number of aliphatic hydroxyl groups excluding tert-OH is 1. The average Bonchev–Trinajstić information content (AvgIpc) is 3.39. The van der Waals surface area contributed by atoms with E-state index in [2.05, 4.69) is 25.5 Å². The summed E-state index contributed by atoms with van der Waals surface area (Å²) in [6.45, 7) is 1.98. The van der Waals surface area contributed by atoms with E-state index < -0.39 is 5.97 Å². The second-order valence-electron chi connectivity index (χ2n) is 6.42. The summed E-state index contributed by atoms with van der Waals surface area (Å²) in [5.41, 5.74) is 3.27. The zero-order chi connectivity index (χ0) is 21.1. The minimum Gasteiger partial charge on any atom is -0.510 e. The summed E-state index contributed by atoms with van der Waals surface area (Å²) in [5.74, 6) is -0.595. The Labute approximate surface area is 175 Å². The van der Waals surface area contributed by atoms with Gasteiger partial charge in [-0.1, -0.05) is 36.0 Å². The average molecular weight is 422 g/mol. The summed E-state index contributed by atoms with van der Waals surface area (Å²) in [6, 6.07) is 15.1. The molecule has 0 aliphatic rings. The van der Waals surface area contributed by atoms with Gasteiger partial charge in [0, 0.05) is 0 Å². The third kappa shape index (κ3) is 3.90. The van der Waals surface area contributed by atoms with E-state index in [1.807, 2.05) is 55.5 Å².